The van der Waals surface area contributed by atoms with Crippen LogP contribution in [-0.2, 0) is 4.79 Å². The maximum Gasteiger partial charge on any atom is 0.315 e. The number of carboxylic acids is 1. The van der Waals surface area contributed by atoms with Crippen molar-refractivity contribution in [2.45, 2.75) is 58.4 Å². The molecule has 5 nitrogen and oxygen atoms in total. The molecule has 1 aliphatic carbocycles. The van der Waals surface area contributed by atoms with Crippen molar-refractivity contribution in [2.75, 3.05) is 6.54 Å². The zero-order valence-electron chi connectivity index (χ0n) is 11.3. The molecule has 1 saturated carbocycles. The predicted molar refractivity (Wildman–Crippen MR) is 69.4 cm³/mol. The fraction of sp³-hybridized carbons (Fsp3) is 0.846. The van der Waals surface area contributed by atoms with E-state index >= 15 is 0 Å². The Morgan fingerprint density at radius 3 is 2.39 bits per heavy atom. The zero-order valence-corrected chi connectivity index (χ0v) is 11.3. The molecule has 0 aromatic carbocycles. The van der Waals surface area contributed by atoms with E-state index in [1.54, 1.807) is 0 Å². The van der Waals surface area contributed by atoms with Crippen molar-refractivity contribution in [1.82, 2.24) is 10.6 Å². The number of carboxylic acid groups (broad SMARTS) is 1. The van der Waals surface area contributed by atoms with Crippen LogP contribution >= 0.6 is 0 Å². The summed E-state index contributed by atoms with van der Waals surface area (Å²) in [5.74, 6) is -0.797. The molecular weight excluding hydrogens is 232 g/mol. The van der Waals surface area contributed by atoms with Crippen LogP contribution in [0.2, 0.25) is 0 Å². The molecule has 1 unspecified atom stereocenters. The van der Waals surface area contributed by atoms with Gasteiger partial charge in [-0.3, -0.25) is 4.79 Å². The summed E-state index contributed by atoms with van der Waals surface area (Å²) in [4.78, 5) is 22.8. The summed E-state index contributed by atoms with van der Waals surface area (Å²) in [5, 5.41) is 14.7. The highest BCUT2D eigenvalue weighted by Gasteiger charge is 2.44. The third kappa shape index (κ3) is 3.62. The van der Waals surface area contributed by atoms with Crippen LogP contribution in [0.15, 0.2) is 0 Å². The number of nitrogens with one attached hydrogen (secondary N) is 2. The van der Waals surface area contributed by atoms with Gasteiger partial charge in [-0.05, 0) is 25.7 Å². The van der Waals surface area contributed by atoms with E-state index < -0.39 is 11.4 Å². The third-order valence-electron chi connectivity index (χ3n) is 3.82. The van der Waals surface area contributed by atoms with Gasteiger partial charge in [0, 0.05) is 12.6 Å². The number of hydrogen-bond acceptors (Lipinski definition) is 2. The summed E-state index contributed by atoms with van der Waals surface area (Å²) in [6, 6.07) is -0.0695. The first kappa shape index (κ1) is 14.8. The Balaban J connectivity index is 2.34. The molecule has 0 heterocycles. The number of amides is 2. The number of carbonyl (C=O) groups excluding carboxylic acids is 1. The summed E-state index contributed by atoms with van der Waals surface area (Å²) in [7, 11) is 0. The van der Waals surface area contributed by atoms with E-state index in [9.17, 15) is 9.59 Å². The minimum Gasteiger partial charge on any atom is -0.481 e. The van der Waals surface area contributed by atoms with Gasteiger partial charge in [0.1, 0.15) is 0 Å². The lowest BCUT2D eigenvalue weighted by Gasteiger charge is -2.37. The molecule has 104 valence electrons. The third-order valence-corrected chi connectivity index (χ3v) is 3.82. The van der Waals surface area contributed by atoms with Crippen molar-refractivity contribution >= 4 is 12.0 Å². The molecule has 18 heavy (non-hydrogen) atoms. The fourth-order valence-corrected chi connectivity index (χ4v) is 2.28. The van der Waals surface area contributed by atoms with Gasteiger partial charge in [-0.1, -0.05) is 26.7 Å². The van der Waals surface area contributed by atoms with Crippen LogP contribution in [0.25, 0.3) is 0 Å². The smallest absolute Gasteiger partial charge is 0.315 e. The van der Waals surface area contributed by atoms with Gasteiger partial charge in [0.05, 0.1) is 5.41 Å². The summed E-state index contributed by atoms with van der Waals surface area (Å²) < 4.78 is 0. The largest absolute Gasteiger partial charge is 0.481 e. The first-order chi connectivity index (χ1) is 8.54. The van der Waals surface area contributed by atoms with E-state index in [2.05, 4.69) is 17.6 Å². The van der Waals surface area contributed by atoms with E-state index in [0.29, 0.717) is 12.8 Å². The Bertz CT molecular complexity index is 301. The molecule has 1 atom stereocenters. The highest BCUT2D eigenvalue weighted by molar-refractivity contribution is 5.78. The molecule has 0 radical (unpaired) electrons. The van der Waals surface area contributed by atoms with Crippen LogP contribution < -0.4 is 10.6 Å². The van der Waals surface area contributed by atoms with Crippen molar-refractivity contribution in [1.29, 1.82) is 0 Å². The Morgan fingerprint density at radius 2 is 2.00 bits per heavy atom. The van der Waals surface area contributed by atoms with Crippen LogP contribution in [0.4, 0.5) is 4.79 Å². The number of carbonyl (C=O) groups is 2. The Kier molecular flexibility index (Phi) is 5.44. The molecule has 2 amide bonds. The lowest BCUT2D eigenvalue weighted by molar-refractivity contribution is -0.153. The van der Waals surface area contributed by atoms with E-state index in [-0.39, 0.29) is 18.6 Å². The number of urea groups is 1. The standard InChI is InChI=1S/C13H24N2O3/c1-3-6-10(4-2)15-12(18)14-9-13(11(16)17)7-5-8-13/h10H,3-9H2,1-2H3,(H,16,17)(H2,14,15,18). The highest BCUT2D eigenvalue weighted by Crippen LogP contribution is 2.40. The van der Waals surface area contributed by atoms with Crippen LogP contribution in [0.1, 0.15) is 52.4 Å². The molecule has 0 bridgehead atoms. The van der Waals surface area contributed by atoms with E-state index in [1.807, 2.05) is 6.92 Å². The van der Waals surface area contributed by atoms with Crippen LogP contribution in [0.5, 0.6) is 0 Å². The van der Waals surface area contributed by atoms with Gasteiger partial charge in [-0.15, -0.1) is 0 Å². The van der Waals surface area contributed by atoms with Crippen LogP contribution in [0.3, 0.4) is 0 Å². The first-order valence-electron chi connectivity index (χ1n) is 6.82. The summed E-state index contributed by atoms with van der Waals surface area (Å²) in [5.41, 5.74) is -0.718. The normalized spacial score (nSPS) is 18.6. The molecule has 0 aromatic heterocycles. The Hall–Kier alpha value is -1.26. The number of aliphatic carboxylic acids is 1. The van der Waals surface area contributed by atoms with E-state index in [4.69, 9.17) is 5.11 Å². The molecule has 0 aromatic rings. The molecule has 1 fully saturated rings. The van der Waals surface area contributed by atoms with Gasteiger partial charge in [-0.2, -0.15) is 0 Å². The highest BCUT2D eigenvalue weighted by atomic mass is 16.4. The Labute approximate surface area is 108 Å². The first-order valence-corrected chi connectivity index (χ1v) is 6.82. The number of hydrogen-bond donors (Lipinski definition) is 3. The van der Waals surface area contributed by atoms with Gasteiger partial charge in [0.2, 0.25) is 0 Å². The zero-order chi connectivity index (χ0) is 13.6. The lowest BCUT2D eigenvalue weighted by atomic mass is 9.69. The lowest BCUT2D eigenvalue weighted by Crippen LogP contribution is -2.51. The topological polar surface area (TPSA) is 78.4 Å². The van der Waals surface area contributed by atoms with Crippen molar-refractivity contribution in [2.24, 2.45) is 5.41 Å². The van der Waals surface area contributed by atoms with Gasteiger partial charge < -0.3 is 15.7 Å². The molecule has 1 rings (SSSR count). The monoisotopic (exact) mass is 256 g/mol. The van der Waals surface area contributed by atoms with Crippen molar-refractivity contribution < 1.29 is 14.7 Å². The van der Waals surface area contributed by atoms with Gasteiger partial charge in [0.25, 0.3) is 0 Å². The second-order valence-electron chi connectivity index (χ2n) is 5.16. The quantitative estimate of drug-likeness (QED) is 0.653. The van der Waals surface area contributed by atoms with Gasteiger partial charge in [0.15, 0.2) is 0 Å². The molecule has 0 aliphatic heterocycles. The second kappa shape index (κ2) is 6.61. The summed E-state index contributed by atoms with van der Waals surface area (Å²) in [6.45, 7) is 4.35. The van der Waals surface area contributed by atoms with Gasteiger partial charge >= 0.3 is 12.0 Å². The molecule has 1 aliphatic rings. The molecule has 3 N–H and O–H groups in total. The molecule has 5 heteroatoms. The molecule has 0 spiro atoms. The minimum absolute atomic E-state index is 0.178. The average Bonchev–Trinajstić information content (AvgIpc) is 2.26. The maximum atomic E-state index is 11.7. The van der Waals surface area contributed by atoms with Gasteiger partial charge in [-0.25, -0.2) is 4.79 Å². The summed E-state index contributed by atoms with van der Waals surface area (Å²) >= 11 is 0. The van der Waals surface area contributed by atoms with E-state index in [1.165, 1.54) is 0 Å². The Morgan fingerprint density at radius 1 is 1.33 bits per heavy atom. The number of rotatable bonds is 7. The van der Waals surface area contributed by atoms with Crippen LogP contribution in [-0.4, -0.2) is 29.7 Å². The van der Waals surface area contributed by atoms with Crippen molar-refractivity contribution in [3.63, 3.8) is 0 Å². The summed E-state index contributed by atoms with van der Waals surface area (Å²) in [6.07, 6.45) is 5.13. The van der Waals surface area contributed by atoms with Crippen molar-refractivity contribution in [3.8, 4) is 0 Å². The van der Waals surface area contributed by atoms with Crippen molar-refractivity contribution in [3.05, 3.63) is 0 Å². The minimum atomic E-state index is -0.797. The fourth-order valence-electron chi connectivity index (χ4n) is 2.28. The average molecular weight is 256 g/mol. The molecule has 0 saturated heterocycles. The SMILES string of the molecule is CCCC(CC)NC(=O)NCC1(C(=O)O)CCC1. The molecular formula is C13H24N2O3. The second-order valence-corrected chi connectivity index (χ2v) is 5.16. The predicted octanol–water partition coefficient (Wildman–Crippen LogP) is 2.12. The van der Waals surface area contributed by atoms with Crippen LogP contribution in [0, 0.1) is 5.41 Å². The van der Waals surface area contributed by atoms with E-state index in [0.717, 1.165) is 25.7 Å². The maximum absolute atomic E-state index is 11.7.